The molecule has 1 N–H and O–H groups in total. The Bertz CT molecular complexity index is 560. The number of thiophene rings is 1. The van der Waals surface area contributed by atoms with E-state index in [9.17, 15) is 4.79 Å². The van der Waals surface area contributed by atoms with Crippen molar-refractivity contribution in [3.05, 3.63) is 20.8 Å². The summed E-state index contributed by atoms with van der Waals surface area (Å²) < 4.78 is 6.71. The van der Waals surface area contributed by atoms with E-state index in [4.69, 9.17) is 4.74 Å². The number of carbonyl (C=O) groups excluding carboxylic acids is 1. The zero-order chi connectivity index (χ0) is 18.5. The van der Waals surface area contributed by atoms with Crippen LogP contribution in [0.1, 0.15) is 58.3 Å². The second kappa shape index (κ2) is 8.87. The fourth-order valence-corrected chi connectivity index (χ4v) is 4.89. The lowest BCUT2D eigenvalue weighted by Gasteiger charge is -2.42. The maximum absolute atomic E-state index is 12.3. The maximum atomic E-state index is 12.3. The molecule has 0 saturated carbocycles. The van der Waals surface area contributed by atoms with E-state index in [1.165, 1.54) is 22.2 Å². The first-order chi connectivity index (χ1) is 11.7. The summed E-state index contributed by atoms with van der Waals surface area (Å²) in [5.74, 6) is 0. The molecule has 2 heterocycles. The Labute approximate surface area is 164 Å². The molecule has 4 nitrogen and oxygen atoms in total. The van der Waals surface area contributed by atoms with Gasteiger partial charge in [0.2, 0.25) is 0 Å². The molecular formula is C19H31BrN2O2S. The molecule has 25 heavy (non-hydrogen) atoms. The standard InChI is InChI=1S/C19H31BrN2O2S/c1-5-7-19(14-21-13-16-15(20)6-12-25-16)8-10-22(11-9-19)17(23)24-18(2,3)4/h6,12,21H,5,7-11,13-14H2,1-4H3. The predicted octanol–water partition coefficient (Wildman–Crippen LogP) is 5.42. The first-order valence-electron chi connectivity index (χ1n) is 9.15. The van der Waals surface area contributed by atoms with Gasteiger partial charge in [-0.25, -0.2) is 4.79 Å². The molecule has 1 fully saturated rings. The van der Waals surface area contributed by atoms with Crippen LogP contribution in [0, 0.1) is 5.41 Å². The quantitative estimate of drug-likeness (QED) is 0.654. The van der Waals surface area contributed by atoms with E-state index in [2.05, 4.69) is 39.6 Å². The third-order valence-electron chi connectivity index (χ3n) is 4.73. The minimum atomic E-state index is -0.426. The van der Waals surface area contributed by atoms with Crippen molar-refractivity contribution in [2.45, 2.75) is 65.5 Å². The molecule has 1 amide bonds. The minimum Gasteiger partial charge on any atom is -0.444 e. The van der Waals surface area contributed by atoms with Crippen molar-refractivity contribution in [3.63, 3.8) is 0 Å². The number of ether oxygens (including phenoxy) is 1. The Hall–Kier alpha value is -0.590. The summed E-state index contributed by atoms with van der Waals surface area (Å²) in [6.45, 7) is 11.5. The topological polar surface area (TPSA) is 41.6 Å². The van der Waals surface area contributed by atoms with Crippen LogP contribution >= 0.6 is 27.3 Å². The summed E-state index contributed by atoms with van der Waals surface area (Å²) in [6, 6.07) is 2.10. The van der Waals surface area contributed by atoms with Crippen molar-refractivity contribution in [1.82, 2.24) is 10.2 Å². The molecule has 0 radical (unpaired) electrons. The highest BCUT2D eigenvalue weighted by molar-refractivity contribution is 9.10. The van der Waals surface area contributed by atoms with Gasteiger partial charge >= 0.3 is 6.09 Å². The van der Waals surface area contributed by atoms with Crippen LogP contribution in [0.3, 0.4) is 0 Å². The van der Waals surface area contributed by atoms with Gasteiger partial charge in [0.05, 0.1) is 0 Å². The first kappa shape index (κ1) is 20.7. The molecule has 6 heteroatoms. The number of nitrogens with zero attached hydrogens (tertiary/aromatic N) is 1. The highest BCUT2D eigenvalue weighted by Crippen LogP contribution is 2.36. The lowest BCUT2D eigenvalue weighted by molar-refractivity contribution is 0.00877. The highest BCUT2D eigenvalue weighted by atomic mass is 79.9. The summed E-state index contributed by atoms with van der Waals surface area (Å²) in [5.41, 5.74) is -0.137. The number of rotatable bonds is 6. The molecule has 0 atom stereocenters. The Morgan fingerprint density at radius 2 is 2.08 bits per heavy atom. The Morgan fingerprint density at radius 3 is 2.60 bits per heavy atom. The average Bonchev–Trinajstić information content (AvgIpc) is 2.92. The second-order valence-corrected chi connectivity index (χ2v) is 9.87. The number of hydrogen-bond acceptors (Lipinski definition) is 4. The molecular weight excluding hydrogens is 400 g/mol. The third-order valence-corrected chi connectivity index (χ3v) is 6.66. The van der Waals surface area contributed by atoms with Gasteiger partial charge in [0, 0.05) is 35.5 Å². The molecule has 0 aliphatic carbocycles. The molecule has 2 rings (SSSR count). The lowest BCUT2D eigenvalue weighted by Crippen LogP contribution is -2.48. The van der Waals surface area contributed by atoms with Crippen molar-refractivity contribution in [2.75, 3.05) is 19.6 Å². The molecule has 0 unspecified atom stereocenters. The van der Waals surface area contributed by atoms with Gasteiger partial charge in [-0.15, -0.1) is 11.3 Å². The zero-order valence-corrected chi connectivity index (χ0v) is 18.3. The molecule has 1 aliphatic heterocycles. The molecule has 0 aromatic carbocycles. The van der Waals surface area contributed by atoms with Gasteiger partial charge in [-0.3, -0.25) is 0 Å². The molecule has 0 bridgehead atoms. The summed E-state index contributed by atoms with van der Waals surface area (Å²) >= 11 is 5.38. The number of piperidine rings is 1. The Balaban J connectivity index is 1.87. The van der Waals surface area contributed by atoms with E-state index in [1.54, 1.807) is 11.3 Å². The van der Waals surface area contributed by atoms with Crippen LogP contribution < -0.4 is 5.32 Å². The lowest BCUT2D eigenvalue weighted by atomic mass is 9.75. The largest absolute Gasteiger partial charge is 0.444 e. The van der Waals surface area contributed by atoms with E-state index >= 15 is 0 Å². The van der Waals surface area contributed by atoms with Crippen LogP contribution in [0.4, 0.5) is 4.79 Å². The molecule has 142 valence electrons. The summed E-state index contributed by atoms with van der Waals surface area (Å²) in [7, 11) is 0. The number of carbonyl (C=O) groups is 1. The van der Waals surface area contributed by atoms with Gasteiger partial charge in [-0.1, -0.05) is 13.3 Å². The van der Waals surface area contributed by atoms with Crippen LogP contribution in [-0.2, 0) is 11.3 Å². The van der Waals surface area contributed by atoms with E-state index < -0.39 is 5.60 Å². The number of likely N-dealkylation sites (tertiary alicyclic amines) is 1. The van der Waals surface area contributed by atoms with E-state index in [-0.39, 0.29) is 11.5 Å². The number of amides is 1. The highest BCUT2D eigenvalue weighted by Gasteiger charge is 2.36. The summed E-state index contributed by atoms with van der Waals surface area (Å²) in [6.07, 6.45) is 4.29. The summed E-state index contributed by atoms with van der Waals surface area (Å²) in [5, 5.41) is 5.77. The third kappa shape index (κ3) is 6.26. The van der Waals surface area contributed by atoms with Crippen molar-refractivity contribution in [1.29, 1.82) is 0 Å². The van der Waals surface area contributed by atoms with E-state index in [1.807, 2.05) is 25.7 Å². The van der Waals surface area contributed by atoms with E-state index in [0.29, 0.717) is 0 Å². The van der Waals surface area contributed by atoms with Crippen LogP contribution in [-0.4, -0.2) is 36.2 Å². The van der Waals surface area contributed by atoms with Crippen molar-refractivity contribution in [3.8, 4) is 0 Å². The van der Waals surface area contributed by atoms with Crippen molar-refractivity contribution in [2.24, 2.45) is 5.41 Å². The minimum absolute atomic E-state index is 0.173. The van der Waals surface area contributed by atoms with Crippen LogP contribution in [0.5, 0.6) is 0 Å². The summed E-state index contributed by atoms with van der Waals surface area (Å²) in [4.78, 5) is 15.5. The number of nitrogens with one attached hydrogen (secondary N) is 1. The van der Waals surface area contributed by atoms with Gasteiger partial charge in [0.1, 0.15) is 5.60 Å². The van der Waals surface area contributed by atoms with Gasteiger partial charge in [-0.05, 0) is 72.8 Å². The smallest absolute Gasteiger partial charge is 0.410 e. The van der Waals surface area contributed by atoms with Crippen LogP contribution in [0.25, 0.3) is 0 Å². The molecule has 0 spiro atoms. The zero-order valence-electron chi connectivity index (χ0n) is 15.9. The maximum Gasteiger partial charge on any atom is 0.410 e. The van der Waals surface area contributed by atoms with Gasteiger partial charge in [0.25, 0.3) is 0 Å². The molecule has 1 aliphatic rings. The normalized spacial score (nSPS) is 17.6. The Morgan fingerprint density at radius 1 is 1.40 bits per heavy atom. The number of halogens is 1. The molecule has 1 aromatic rings. The van der Waals surface area contributed by atoms with Crippen LogP contribution in [0.15, 0.2) is 15.9 Å². The first-order valence-corrected chi connectivity index (χ1v) is 10.8. The fraction of sp³-hybridized carbons (Fsp3) is 0.737. The van der Waals surface area contributed by atoms with E-state index in [0.717, 1.165) is 39.0 Å². The Kier molecular flexibility index (Phi) is 7.35. The van der Waals surface area contributed by atoms with Gasteiger partial charge < -0.3 is 15.0 Å². The van der Waals surface area contributed by atoms with Crippen LogP contribution in [0.2, 0.25) is 0 Å². The average molecular weight is 431 g/mol. The SMILES string of the molecule is CCCC1(CNCc2sccc2Br)CCN(C(=O)OC(C)(C)C)CC1. The monoisotopic (exact) mass is 430 g/mol. The number of hydrogen-bond donors (Lipinski definition) is 1. The van der Waals surface area contributed by atoms with Gasteiger partial charge in [-0.2, -0.15) is 0 Å². The fourth-order valence-electron chi connectivity index (χ4n) is 3.43. The molecule has 1 saturated heterocycles. The van der Waals surface area contributed by atoms with Crippen molar-refractivity contribution >= 4 is 33.4 Å². The predicted molar refractivity (Wildman–Crippen MR) is 108 cm³/mol. The molecule has 1 aromatic heterocycles. The second-order valence-electron chi connectivity index (χ2n) is 8.01. The van der Waals surface area contributed by atoms with Crippen molar-refractivity contribution < 1.29 is 9.53 Å². The van der Waals surface area contributed by atoms with Gasteiger partial charge in [0.15, 0.2) is 0 Å².